The number of benzene rings is 1. The Bertz CT molecular complexity index is 405. The summed E-state index contributed by atoms with van der Waals surface area (Å²) in [4.78, 5) is 2.14. The van der Waals surface area contributed by atoms with Crippen LogP contribution in [0.3, 0.4) is 0 Å². The van der Waals surface area contributed by atoms with Crippen molar-refractivity contribution in [3.63, 3.8) is 0 Å². The van der Waals surface area contributed by atoms with Gasteiger partial charge >= 0.3 is 6.18 Å². The molecule has 3 nitrogen and oxygen atoms in total. The minimum atomic E-state index is -4.31. The molecule has 19 heavy (non-hydrogen) atoms. The fourth-order valence-electron chi connectivity index (χ4n) is 2.16. The van der Waals surface area contributed by atoms with Crippen molar-refractivity contribution in [2.75, 3.05) is 24.6 Å². The molecular formula is C13H17F3N2O. The Labute approximate surface area is 110 Å². The maximum Gasteiger partial charge on any atom is 0.422 e. The number of alkyl halides is 3. The maximum atomic E-state index is 12.0. The lowest BCUT2D eigenvalue weighted by Gasteiger charge is -2.32. The maximum absolute atomic E-state index is 12.0. The second-order valence-corrected chi connectivity index (χ2v) is 4.75. The van der Waals surface area contributed by atoms with Gasteiger partial charge in [0.25, 0.3) is 0 Å². The summed E-state index contributed by atoms with van der Waals surface area (Å²) in [6, 6.07) is 6.81. The van der Waals surface area contributed by atoms with Crippen LogP contribution in [-0.4, -0.2) is 31.9 Å². The zero-order valence-electron chi connectivity index (χ0n) is 10.5. The van der Waals surface area contributed by atoms with Gasteiger partial charge in [-0.2, -0.15) is 13.2 Å². The van der Waals surface area contributed by atoms with Crippen LogP contribution in [0.1, 0.15) is 12.8 Å². The molecule has 1 saturated heterocycles. The molecule has 0 saturated carbocycles. The predicted octanol–water partition coefficient (Wildman–Crippen LogP) is 2.56. The van der Waals surface area contributed by atoms with Gasteiger partial charge in [-0.3, -0.25) is 0 Å². The third-order valence-corrected chi connectivity index (χ3v) is 3.06. The molecule has 0 spiro atoms. The first kappa shape index (κ1) is 14.0. The van der Waals surface area contributed by atoms with Gasteiger partial charge in [0, 0.05) is 24.8 Å². The van der Waals surface area contributed by atoms with Crippen LogP contribution in [0.4, 0.5) is 18.9 Å². The minimum Gasteiger partial charge on any atom is -0.484 e. The van der Waals surface area contributed by atoms with E-state index < -0.39 is 12.8 Å². The molecule has 1 heterocycles. The van der Waals surface area contributed by atoms with E-state index >= 15 is 0 Å². The highest BCUT2D eigenvalue weighted by Crippen LogP contribution is 2.24. The summed E-state index contributed by atoms with van der Waals surface area (Å²) in [5.74, 6) is 0.224. The summed E-state index contributed by atoms with van der Waals surface area (Å²) < 4.78 is 40.7. The van der Waals surface area contributed by atoms with Crippen LogP contribution in [0.25, 0.3) is 0 Å². The van der Waals surface area contributed by atoms with Gasteiger partial charge in [-0.25, -0.2) is 0 Å². The van der Waals surface area contributed by atoms with Crippen LogP contribution in [0, 0.1) is 0 Å². The van der Waals surface area contributed by atoms with Crippen LogP contribution in [0.2, 0.25) is 0 Å². The van der Waals surface area contributed by atoms with Gasteiger partial charge in [-0.15, -0.1) is 0 Å². The number of hydrogen-bond acceptors (Lipinski definition) is 3. The van der Waals surface area contributed by atoms with E-state index in [-0.39, 0.29) is 11.8 Å². The van der Waals surface area contributed by atoms with Crippen molar-refractivity contribution in [1.82, 2.24) is 0 Å². The minimum absolute atomic E-state index is 0.162. The van der Waals surface area contributed by atoms with E-state index in [1.807, 2.05) is 0 Å². The van der Waals surface area contributed by atoms with E-state index in [0.29, 0.717) is 0 Å². The molecule has 1 aliphatic rings. The molecule has 2 N–H and O–H groups in total. The standard InChI is InChI=1S/C13H17F3N2O/c14-13(15,16)9-19-12-5-3-11(4-6-12)18-7-1-2-10(17)8-18/h3-6,10H,1-2,7-9,17H2. The topological polar surface area (TPSA) is 38.5 Å². The first-order valence-corrected chi connectivity index (χ1v) is 6.24. The van der Waals surface area contributed by atoms with Gasteiger partial charge in [0.05, 0.1) is 0 Å². The Morgan fingerprint density at radius 1 is 1.26 bits per heavy atom. The third-order valence-electron chi connectivity index (χ3n) is 3.06. The number of anilines is 1. The number of nitrogens with zero attached hydrogens (tertiary/aromatic N) is 1. The smallest absolute Gasteiger partial charge is 0.422 e. The molecule has 0 aliphatic carbocycles. The Hall–Kier alpha value is -1.43. The van der Waals surface area contributed by atoms with Crippen molar-refractivity contribution in [3.8, 4) is 5.75 Å². The highest BCUT2D eigenvalue weighted by Gasteiger charge is 2.28. The van der Waals surface area contributed by atoms with Gasteiger partial charge in [0.15, 0.2) is 6.61 Å². The molecule has 6 heteroatoms. The van der Waals surface area contributed by atoms with Crippen LogP contribution in [0.5, 0.6) is 5.75 Å². The number of rotatable bonds is 3. The summed E-state index contributed by atoms with van der Waals surface area (Å²) in [5.41, 5.74) is 6.86. The quantitative estimate of drug-likeness (QED) is 0.920. The van der Waals surface area contributed by atoms with Crippen LogP contribution >= 0.6 is 0 Å². The lowest BCUT2D eigenvalue weighted by molar-refractivity contribution is -0.153. The zero-order valence-corrected chi connectivity index (χ0v) is 10.5. The van der Waals surface area contributed by atoms with Crippen molar-refractivity contribution in [2.24, 2.45) is 5.73 Å². The normalized spacial score (nSPS) is 20.4. The predicted molar refractivity (Wildman–Crippen MR) is 67.4 cm³/mol. The SMILES string of the molecule is NC1CCCN(c2ccc(OCC(F)(F)F)cc2)C1. The van der Waals surface area contributed by atoms with Crippen molar-refractivity contribution in [2.45, 2.75) is 25.1 Å². The molecule has 1 fully saturated rings. The summed E-state index contributed by atoms with van der Waals surface area (Å²) in [6.07, 6.45) is -2.25. The first-order valence-electron chi connectivity index (χ1n) is 6.24. The monoisotopic (exact) mass is 274 g/mol. The molecule has 1 aromatic rings. The Kier molecular flexibility index (Phi) is 4.19. The number of halogens is 3. The molecule has 1 aliphatic heterocycles. The summed E-state index contributed by atoms with van der Waals surface area (Å²) in [5, 5.41) is 0. The van der Waals surface area contributed by atoms with E-state index in [0.717, 1.165) is 31.6 Å². The van der Waals surface area contributed by atoms with E-state index in [9.17, 15) is 13.2 Å². The highest BCUT2D eigenvalue weighted by molar-refractivity contribution is 5.49. The van der Waals surface area contributed by atoms with Gasteiger partial charge in [-0.05, 0) is 37.1 Å². The van der Waals surface area contributed by atoms with Gasteiger partial charge in [0.1, 0.15) is 5.75 Å². The molecule has 0 bridgehead atoms. The fraction of sp³-hybridized carbons (Fsp3) is 0.538. The average Bonchev–Trinajstić information content (AvgIpc) is 2.36. The second kappa shape index (κ2) is 5.69. The first-order chi connectivity index (χ1) is 8.94. The van der Waals surface area contributed by atoms with Crippen LogP contribution in [-0.2, 0) is 0 Å². The molecule has 2 rings (SSSR count). The largest absolute Gasteiger partial charge is 0.484 e. The average molecular weight is 274 g/mol. The third kappa shape index (κ3) is 4.31. The highest BCUT2D eigenvalue weighted by atomic mass is 19.4. The van der Waals surface area contributed by atoms with Gasteiger partial charge in [-0.1, -0.05) is 0 Å². The van der Waals surface area contributed by atoms with Gasteiger partial charge < -0.3 is 15.4 Å². The second-order valence-electron chi connectivity index (χ2n) is 4.75. The number of hydrogen-bond donors (Lipinski definition) is 1. The van der Waals surface area contributed by atoms with Gasteiger partial charge in [0.2, 0.25) is 0 Å². The summed E-state index contributed by atoms with van der Waals surface area (Å²) in [6.45, 7) is 0.445. The molecular weight excluding hydrogens is 257 g/mol. The molecule has 1 unspecified atom stereocenters. The fourth-order valence-corrected chi connectivity index (χ4v) is 2.16. The van der Waals surface area contributed by atoms with Crippen molar-refractivity contribution in [1.29, 1.82) is 0 Å². The molecule has 1 atom stereocenters. The lowest BCUT2D eigenvalue weighted by Crippen LogP contribution is -2.42. The molecule has 106 valence electrons. The Morgan fingerprint density at radius 3 is 2.53 bits per heavy atom. The van der Waals surface area contributed by atoms with E-state index in [1.165, 1.54) is 0 Å². The van der Waals surface area contributed by atoms with E-state index in [4.69, 9.17) is 5.73 Å². The van der Waals surface area contributed by atoms with Crippen molar-refractivity contribution in [3.05, 3.63) is 24.3 Å². The molecule has 0 amide bonds. The number of piperidine rings is 1. The summed E-state index contributed by atoms with van der Waals surface area (Å²) >= 11 is 0. The van der Waals surface area contributed by atoms with Crippen LogP contribution < -0.4 is 15.4 Å². The molecule has 1 aromatic carbocycles. The molecule has 0 radical (unpaired) electrons. The Morgan fingerprint density at radius 2 is 1.95 bits per heavy atom. The number of nitrogens with two attached hydrogens (primary N) is 1. The number of ether oxygens (including phenoxy) is 1. The molecule has 0 aromatic heterocycles. The van der Waals surface area contributed by atoms with Crippen LogP contribution in [0.15, 0.2) is 24.3 Å². The van der Waals surface area contributed by atoms with Crippen molar-refractivity contribution < 1.29 is 17.9 Å². The Balaban J connectivity index is 1.94. The summed E-state index contributed by atoms with van der Waals surface area (Å²) in [7, 11) is 0. The van der Waals surface area contributed by atoms with E-state index in [2.05, 4.69) is 9.64 Å². The van der Waals surface area contributed by atoms with Crippen molar-refractivity contribution >= 4 is 5.69 Å². The van der Waals surface area contributed by atoms with E-state index in [1.54, 1.807) is 24.3 Å². The lowest BCUT2D eigenvalue weighted by atomic mass is 10.1. The zero-order chi connectivity index (χ0) is 13.9.